The van der Waals surface area contributed by atoms with Crippen molar-refractivity contribution in [2.45, 2.75) is 33.2 Å². The average Bonchev–Trinajstić information content (AvgIpc) is 2.71. The molecule has 102 valence electrons. The third-order valence-electron chi connectivity index (χ3n) is 2.81. The van der Waals surface area contributed by atoms with E-state index in [1.165, 1.54) is 0 Å². The summed E-state index contributed by atoms with van der Waals surface area (Å²) in [5.41, 5.74) is 0.537. The fourth-order valence-corrected chi connectivity index (χ4v) is 1.90. The molecule has 7 nitrogen and oxygen atoms in total. The third-order valence-corrected chi connectivity index (χ3v) is 2.81. The summed E-state index contributed by atoms with van der Waals surface area (Å²) in [7, 11) is 0. The van der Waals surface area contributed by atoms with Gasteiger partial charge in [0.15, 0.2) is 5.82 Å². The maximum atomic E-state index is 11.2. The van der Waals surface area contributed by atoms with Crippen LogP contribution in [0.4, 0.5) is 5.82 Å². The molecule has 2 N–H and O–H groups in total. The summed E-state index contributed by atoms with van der Waals surface area (Å²) in [6, 6.07) is -0.685. The SMILES string of the molecule is Cc1nnc2c(N[C@@H](CC(C)C)C(=O)O)nccn12. The molecule has 2 aromatic rings. The number of carboxylic acid groups (broad SMARTS) is 1. The van der Waals surface area contributed by atoms with Crippen molar-refractivity contribution in [3.05, 3.63) is 18.2 Å². The second kappa shape index (κ2) is 5.21. The zero-order valence-corrected chi connectivity index (χ0v) is 11.2. The van der Waals surface area contributed by atoms with E-state index >= 15 is 0 Å². The first kappa shape index (κ1) is 13.3. The van der Waals surface area contributed by atoms with Crippen molar-refractivity contribution in [2.75, 3.05) is 5.32 Å². The number of hydrogen-bond acceptors (Lipinski definition) is 5. The highest BCUT2D eigenvalue weighted by Gasteiger charge is 2.20. The van der Waals surface area contributed by atoms with Crippen LogP contribution >= 0.6 is 0 Å². The molecular formula is C12H17N5O2. The van der Waals surface area contributed by atoms with Crippen molar-refractivity contribution >= 4 is 17.4 Å². The van der Waals surface area contributed by atoms with Gasteiger partial charge in [-0.3, -0.25) is 4.40 Å². The standard InChI is InChI=1S/C12H17N5O2/c1-7(2)6-9(12(18)19)14-10-11-16-15-8(3)17(11)5-4-13-10/h4-5,7,9H,6H2,1-3H3,(H,13,14)(H,18,19)/t9-/m0/s1. The third kappa shape index (κ3) is 2.81. The zero-order chi connectivity index (χ0) is 14.0. The van der Waals surface area contributed by atoms with Crippen molar-refractivity contribution < 1.29 is 9.90 Å². The van der Waals surface area contributed by atoms with E-state index < -0.39 is 12.0 Å². The molecule has 0 radical (unpaired) electrons. The van der Waals surface area contributed by atoms with Gasteiger partial charge in [-0.25, -0.2) is 9.78 Å². The van der Waals surface area contributed by atoms with Gasteiger partial charge in [0.2, 0.25) is 5.65 Å². The molecule has 1 atom stereocenters. The van der Waals surface area contributed by atoms with Gasteiger partial charge in [0.05, 0.1) is 0 Å². The van der Waals surface area contributed by atoms with Crippen molar-refractivity contribution in [1.82, 2.24) is 19.6 Å². The van der Waals surface area contributed by atoms with Crippen LogP contribution in [0.2, 0.25) is 0 Å². The monoisotopic (exact) mass is 263 g/mol. The molecule has 2 aromatic heterocycles. The van der Waals surface area contributed by atoms with E-state index in [0.717, 1.165) is 5.82 Å². The Kier molecular flexibility index (Phi) is 3.64. The fraction of sp³-hybridized carbons (Fsp3) is 0.500. The number of carbonyl (C=O) groups is 1. The lowest BCUT2D eigenvalue weighted by atomic mass is 10.0. The van der Waals surface area contributed by atoms with E-state index in [-0.39, 0.29) is 5.92 Å². The van der Waals surface area contributed by atoms with Gasteiger partial charge in [0.25, 0.3) is 0 Å². The Morgan fingerprint density at radius 2 is 2.21 bits per heavy atom. The molecule has 0 aliphatic carbocycles. The maximum absolute atomic E-state index is 11.2. The first-order valence-electron chi connectivity index (χ1n) is 6.14. The largest absolute Gasteiger partial charge is 0.480 e. The van der Waals surface area contributed by atoms with Crippen LogP contribution in [0, 0.1) is 12.8 Å². The summed E-state index contributed by atoms with van der Waals surface area (Å²) in [5, 5.41) is 20.1. The van der Waals surface area contributed by atoms with Gasteiger partial charge in [0, 0.05) is 12.4 Å². The van der Waals surface area contributed by atoms with E-state index in [1.807, 2.05) is 20.8 Å². The predicted octanol–water partition coefficient (Wildman–Crippen LogP) is 1.34. The number of anilines is 1. The molecule has 0 unspecified atom stereocenters. The number of rotatable bonds is 5. The fourth-order valence-electron chi connectivity index (χ4n) is 1.90. The Bertz CT molecular complexity index is 593. The van der Waals surface area contributed by atoms with Gasteiger partial charge in [-0.05, 0) is 19.3 Å². The average molecular weight is 263 g/mol. The van der Waals surface area contributed by atoms with Crippen LogP contribution in [-0.2, 0) is 4.79 Å². The molecule has 0 aliphatic heterocycles. The number of nitrogens with zero attached hydrogens (tertiary/aromatic N) is 4. The van der Waals surface area contributed by atoms with Crippen LogP contribution in [-0.4, -0.2) is 36.7 Å². The second-order valence-electron chi connectivity index (χ2n) is 4.88. The number of fused-ring (bicyclic) bond motifs is 1. The Morgan fingerprint density at radius 1 is 1.47 bits per heavy atom. The Balaban J connectivity index is 2.31. The van der Waals surface area contributed by atoms with Crippen molar-refractivity contribution in [2.24, 2.45) is 5.92 Å². The van der Waals surface area contributed by atoms with Crippen LogP contribution in [0.15, 0.2) is 12.4 Å². The molecule has 0 amide bonds. The second-order valence-corrected chi connectivity index (χ2v) is 4.88. The predicted molar refractivity (Wildman–Crippen MR) is 70.0 cm³/mol. The molecule has 0 aromatic carbocycles. The number of aromatic nitrogens is 4. The highest BCUT2D eigenvalue weighted by Crippen LogP contribution is 2.16. The lowest BCUT2D eigenvalue weighted by molar-refractivity contribution is -0.138. The molecular weight excluding hydrogens is 246 g/mol. The van der Waals surface area contributed by atoms with Gasteiger partial charge in [-0.1, -0.05) is 13.8 Å². The molecule has 19 heavy (non-hydrogen) atoms. The molecule has 2 heterocycles. The smallest absolute Gasteiger partial charge is 0.326 e. The summed E-state index contributed by atoms with van der Waals surface area (Å²) in [6.07, 6.45) is 3.86. The van der Waals surface area contributed by atoms with Gasteiger partial charge < -0.3 is 10.4 Å². The number of hydrogen-bond donors (Lipinski definition) is 2. The van der Waals surface area contributed by atoms with Gasteiger partial charge in [-0.15, -0.1) is 10.2 Å². The molecule has 0 fully saturated rings. The number of nitrogens with one attached hydrogen (secondary N) is 1. The van der Waals surface area contributed by atoms with Crippen LogP contribution in [0.3, 0.4) is 0 Å². The first-order valence-corrected chi connectivity index (χ1v) is 6.14. The highest BCUT2D eigenvalue weighted by atomic mass is 16.4. The van der Waals surface area contributed by atoms with Crippen molar-refractivity contribution in [3.63, 3.8) is 0 Å². The molecule has 0 spiro atoms. The van der Waals surface area contributed by atoms with Crippen LogP contribution in [0.1, 0.15) is 26.1 Å². The van der Waals surface area contributed by atoms with E-state index in [2.05, 4.69) is 20.5 Å². The van der Waals surface area contributed by atoms with E-state index in [0.29, 0.717) is 17.9 Å². The molecule has 0 bridgehead atoms. The first-order chi connectivity index (χ1) is 8.99. The molecule has 0 aliphatic rings. The zero-order valence-electron chi connectivity index (χ0n) is 11.2. The summed E-state index contributed by atoms with van der Waals surface area (Å²) in [4.78, 5) is 15.4. The van der Waals surface area contributed by atoms with Crippen LogP contribution < -0.4 is 5.32 Å². The van der Waals surface area contributed by atoms with Crippen LogP contribution in [0.5, 0.6) is 0 Å². The quantitative estimate of drug-likeness (QED) is 0.845. The minimum Gasteiger partial charge on any atom is -0.480 e. The van der Waals surface area contributed by atoms with E-state index in [9.17, 15) is 9.90 Å². The number of aryl methyl sites for hydroxylation is 1. The molecule has 0 saturated heterocycles. The Labute approximate surface area is 110 Å². The van der Waals surface area contributed by atoms with E-state index in [1.54, 1.807) is 16.8 Å². The minimum absolute atomic E-state index is 0.271. The lowest BCUT2D eigenvalue weighted by Gasteiger charge is -2.17. The summed E-state index contributed by atoms with van der Waals surface area (Å²) in [5.74, 6) is 0.550. The normalized spacial score (nSPS) is 12.8. The summed E-state index contributed by atoms with van der Waals surface area (Å²) >= 11 is 0. The summed E-state index contributed by atoms with van der Waals surface area (Å²) < 4.78 is 1.77. The highest BCUT2D eigenvalue weighted by molar-refractivity contribution is 5.78. The number of aliphatic carboxylic acids is 1. The topological polar surface area (TPSA) is 92.4 Å². The number of carboxylic acids is 1. The van der Waals surface area contributed by atoms with Gasteiger partial charge in [-0.2, -0.15) is 0 Å². The van der Waals surface area contributed by atoms with Gasteiger partial charge in [0.1, 0.15) is 11.9 Å². The molecule has 7 heteroatoms. The minimum atomic E-state index is -0.895. The van der Waals surface area contributed by atoms with Crippen molar-refractivity contribution in [3.8, 4) is 0 Å². The summed E-state index contributed by atoms with van der Waals surface area (Å²) in [6.45, 7) is 5.78. The van der Waals surface area contributed by atoms with Crippen LogP contribution in [0.25, 0.3) is 5.65 Å². The van der Waals surface area contributed by atoms with Crippen molar-refractivity contribution in [1.29, 1.82) is 0 Å². The Morgan fingerprint density at radius 3 is 2.84 bits per heavy atom. The maximum Gasteiger partial charge on any atom is 0.326 e. The molecule has 2 rings (SSSR count). The Hall–Kier alpha value is -2.18. The van der Waals surface area contributed by atoms with E-state index in [4.69, 9.17) is 0 Å². The lowest BCUT2D eigenvalue weighted by Crippen LogP contribution is -2.31. The molecule has 0 saturated carbocycles. The van der Waals surface area contributed by atoms with Gasteiger partial charge >= 0.3 is 5.97 Å².